The Morgan fingerprint density at radius 2 is 2.12 bits per heavy atom. The van der Waals surface area contributed by atoms with Gasteiger partial charge in [-0.1, -0.05) is 0 Å². The van der Waals surface area contributed by atoms with Crippen molar-refractivity contribution in [2.75, 3.05) is 18.5 Å². The molecular formula is C11H16N4O. The quantitative estimate of drug-likeness (QED) is 0.576. The van der Waals surface area contributed by atoms with E-state index in [2.05, 4.69) is 10.4 Å². The number of nitrogens with zero attached hydrogens (tertiary/aromatic N) is 2. The van der Waals surface area contributed by atoms with Crippen LogP contribution in [-0.4, -0.2) is 28.9 Å². The normalized spacial score (nSPS) is 15.9. The van der Waals surface area contributed by atoms with Crippen LogP contribution < -0.4 is 11.3 Å². The van der Waals surface area contributed by atoms with Crippen molar-refractivity contribution < 1.29 is 4.79 Å². The highest BCUT2D eigenvalue weighted by molar-refractivity contribution is 5.94. The zero-order valence-electron chi connectivity index (χ0n) is 9.15. The fraction of sp³-hybridized carbons (Fsp3) is 0.455. The number of hydrogen-bond acceptors (Lipinski definition) is 4. The molecule has 86 valence electrons. The molecule has 2 heterocycles. The van der Waals surface area contributed by atoms with Crippen LogP contribution in [0, 0.1) is 0 Å². The van der Waals surface area contributed by atoms with Gasteiger partial charge in [0.05, 0.1) is 0 Å². The van der Waals surface area contributed by atoms with Crippen LogP contribution in [0.5, 0.6) is 0 Å². The lowest BCUT2D eigenvalue weighted by atomic mass is 10.1. The molecule has 0 unspecified atom stereocenters. The lowest BCUT2D eigenvalue weighted by Crippen LogP contribution is -2.35. The van der Waals surface area contributed by atoms with Crippen molar-refractivity contribution in [1.82, 2.24) is 9.88 Å². The third kappa shape index (κ3) is 2.30. The van der Waals surface area contributed by atoms with E-state index in [4.69, 9.17) is 5.84 Å². The molecule has 0 bridgehead atoms. The molecule has 1 saturated heterocycles. The highest BCUT2D eigenvalue weighted by atomic mass is 16.2. The molecule has 0 aromatic carbocycles. The lowest BCUT2D eigenvalue weighted by Gasteiger charge is -2.26. The molecule has 1 aliphatic rings. The molecule has 1 aromatic rings. The SMILES string of the molecule is NNc1cc(C(=O)N2CCCCC2)ccn1. The number of hydrazine groups is 1. The van der Waals surface area contributed by atoms with Gasteiger partial charge in [-0.15, -0.1) is 0 Å². The summed E-state index contributed by atoms with van der Waals surface area (Å²) in [5, 5.41) is 0. The van der Waals surface area contributed by atoms with Gasteiger partial charge in [-0.05, 0) is 31.4 Å². The van der Waals surface area contributed by atoms with Gasteiger partial charge in [0, 0.05) is 24.8 Å². The van der Waals surface area contributed by atoms with Gasteiger partial charge in [-0.25, -0.2) is 10.8 Å². The molecule has 1 amide bonds. The Bertz CT molecular complexity index is 374. The minimum atomic E-state index is 0.0681. The van der Waals surface area contributed by atoms with Crippen LogP contribution >= 0.6 is 0 Å². The van der Waals surface area contributed by atoms with Crippen molar-refractivity contribution in [3.63, 3.8) is 0 Å². The standard InChI is InChI=1S/C11H16N4O/c12-14-10-8-9(4-5-13-10)11(16)15-6-2-1-3-7-15/h4-5,8H,1-3,6-7,12H2,(H,13,14). The van der Waals surface area contributed by atoms with E-state index in [1.54, 1.807) is 18.3 Å². The summed E-state index contributed by atoms with van der Waals surface area (Å²) in [6, 6.07) is 3.40. The summed E-state index contributed by atoms with van der Waals surface area (Å²) in [5.41, 5.74) is 3.09. The molecule has 3 N–H and O–H groups in total. The third-order valence-corrected chi connectivity index (χ3v) is 2.80. The number of hydrogen-bond donors (Lipinski definition) is 2. The number of amides is 1. The van der Waals surface area contributed by atoms with Crippen LogP contribution in [-0.2, 0) is 0 Å². The third-order valence-electron chi connectivity index (χ3n) is 2.80. The maximum absolute atomic E-state index is 12.1. The smallest absolute Gasteiger partial charge is 0.254 e. The Morgan fingerprint density at radius 1 is 1.38 bits per heavy atom. The van der Waals surface area contributed by atoms with Crippen LogP contribution in [0.1, 0.15) is 29.6 Å². The number of nitrogen functional groups attached to an aromatic ring is 1. The number of pyridine rings is 1. The first-order valence-corrected chi connectivity index (χ1v) is 5.53. The molecule has 0 aliphatic carbocycles. The summed E-state index contributed by atoms with van der Waals surface area (Å²) in [6.45, 7) is 1.71. The summed E-state index contributed by atoms with van der Waals surface area (Å²) >= 11 is 0. The number of rotatable bonds is 2. The van der Waals surface area contributed by atoms with Crippen LogP contribution in [0.2, 0.25) is 0 Å². The first-order valence-electron chi connectivity index (χ1n) is 5.53. The monoisotopic (exact) mass is 220 g/mol. The topological polar surface area (TPSA) is 71.2 Å². The van der Waals surface area contributed by atoms with Crippen molar-refractivity contribution in [1.29, 1.82) is 0 Å². The van der Waals surface area contributed by atoms with Gasteiger partial charge in [-0.2, -0.15) is 0 Å². The molecule has 5 heteroatoms. The number of carbonyl (C=O) groups excluding carboxylic acids is 1. The Labute approximate surface area is 94.6 Å². The van der Waals surface area contributed by atoms with Gasteiger partial charge in [0.15, 0.2) is 0 Å². The first-order chi connectivity index (χ1) is 7.81. The number of nitrogens with one attached hydrogen (secondary N) is 1. The van der Waals surface area contributed by atoms with E-state index >= 15 is 0 Å². The van der Waals surface area contributed by atoms with Crippen molar-refractivity contribution >= 4 is 11.7 Å². The maximum atomic E-state index is 12.1. The van der Waals surface area contributed by atoms with Crippen molar-refractivity contribution in [3.8, 4) is 0 Å². The van der Waals surface area contributed by atoms with E-state index in [1.165, 1.54) is 6.42 Å². The van der Waals surface area contributed by atoms with Gasteiger partial charge in [-0.3, -0.25) is 4.79 Å². The average molecular weight is 220 g/mol. The number of likely N-dealkylation sites (tertiary alicyclic amines) is 1. The molecule has 1 aliphatic heterocycles. The molecule has 2 rings (SSSR count). The van der Waals surface area contributed by atoms with Gasteiger partial charge in [0.1, 0.15) is 5.82 Å². The summed E-state index contributed by atoms with van der Waals surface area (Å²) in [5.74, 6) is 5.84. The van der Waals surface area contributed by atoms with Gasteiger partial charge >= 0.3 is 0 Å². The second-order valence-electron chi connectivity index (χ2n) is 3.93. The highest BCUT2D eigenvalue weighted by Gasteiger charge is 2.18. The van der Waals surface area contributed by atoms with Crippen LogP contribution in [0.15, 0.2) is 18.3 Å². The van der Waals surface area contributed by atoms with Crippen LogP contribution in [0.25, 0.3) is 0 Å². The predicted octanol–water partition coefficient (Wildman–Crippen LogP) is 0.993. The molecule has 1 fully saturated rings. The number of piperidine rings is 1. The minimum Gasteiger partial charge on any atom is -0.339 e. The molecule has 5 nitrogen and oxygen atoms in total. The van der Waals surface area contributed by atoms with Crippen molar-refractivity contribution in [2.45, 2.75) is 19.3 Å². The van der Waals surface area contributed by atoms with Crippen LogP contribution in [0.4, 0.5) is 5.82 Å². The summed E-state index contributed by atoms with van der Waals surface area (Å²) in [4.78, 5) is 18.0. The van der Waals surface area contributed by atoms with Gasteiger partial charge in [0.25, 0.3) is 5.91 Å². The lowest BCUT2D eigenvalue weighted by molar-refractivity contribution is 0.0724. The Morgan fingerprint density at radius 3 is 2.81 bits per heavy atom. The Hall–Kier alpha value is -1.62. The van der Waals surface area contributed by atoms with E-state index in [0.29, 0.717) is 11.4 Å². The van der Waals surface area contributed by atoms with Crippen molar-refractivity contribution in [2.24, 2.45) is 5.84 Å². The molecule has 0 saturated carbocycles. The fourth-order valence-corrected chi connectivity index (χ4v) is 1.92. The average Bonchev–Trinajstić information content (AvgIpc) is 2.39. The first kappa shape index (κ1) is 10.9. The van der Waals surface area contributed by atoms with Crippen molar-refractivity contribution in [3.05, 3.63) is 23.9 Å². The second-order valence-corrected chi connectivity index (χ2v) is 3.93. The zero-order valence-corrected chi connectivity index (χ0v) is 9.15. The van der Waals surface area contributed by atoms with E-state index in [1.807, 2.05) is 4.90 Å². The Balaban J connectivity index is 2.12. The van der Waals surface area contributed by atoms with Gasteiger partial charge in [0.2, 0.25) is 0 Å². The fourth-order valence-electron chi connectivity index (χ4n) is 1.92. The van der Waals surface area contributed by atoms with E-state index in [0.717, 1.165) is 25.9 Å². The summed E-state index contributed by atoms with van der Waals surface area (Å²) < 4.78 is 0. The minimum absolute atomic E-state index is 0.0681. The largest absolute Gasteiger partial charge is 0.339 e. The summed E-state index contributed by atoms with van der Waals surface area (Å²) in [6.07, 6.45) is 5.00. The molecule has 0 atom stereocenters. The zero-order chi connectivity index (χ0) is 11.4. The molecule has 0 radical (unpaired) electrons. The predicted molar refractivity (Wildman–Crippen MR) is 61.8 cm³/mol. The number of carbonyl (C=O) groups is 1. The highest BCUT2D eigenvalue weighted by Crippen LogP contribution is 2.14. The molecule has 16 heavy (non-hydrogen) atoms. The Kier molecular flexibility index (Phi) is 3.36. The second kappa shape index (κ2) is 4.94. The molecular weight excluding hydrogens is 204 g/mol. The van der Waals surface area contributed by atoms with Gasteiger partial charge < -0.3 is 10.3 Å². The number of anilines is 1. The maximum Gasteiger partial charge on any atom is 0.254 e. The number of nitrogens with two attached hydrogens (primary N) is 1. The molecule has 0 spiro atoms. The van der Waals surface area contributed by atoms with E-state index in [-0.39, 0.29) is 5.91 Å². The van der Waals surface area contributed by atoms with Crippen LogP contribution in [0.3, 0.4) is 0 Å². The van der Waals surface area contributed by atoms with E-state index in [9.17, 15) is 4.79 Å². The summed E-state index contributed by atoms with van der Waals surface area (Å²) in [7, 11) is 0. The molecule has 1 aromatic heterocycles. The number of aromatic nitrogens is 1. The van der Waals surface area contributed by atoms with E-state index < -0.39 is 0 Å².